The second-order valence-electron chi connectivity index (χ2n) is 10.2. The van der Waals surface area contributed by atoms with Crippen LogP contribution in [0.4, 0.5) is 26.3 Å². The highest BCUT2D eigenvalue weighted by atomic mass is 32.1. The van der Waals surface area contributed by atoms with E-state index in [9.17, 15) is 47.4 Å². The van der Waals surface area contributed by atoms with Crippen LogP contribution in [0.15, 0.2) is 53.1 Å². The normalized spacial score (nSPS) is 18.8. The molecule has 11 heteroatoms. The van der Waals surface area contributed by atoms with E-state index >= 15 is 0 Å². The molecule has 2 atom stereocenters. The van der Waals surface area contributed by atoms with E-state index < -0.39 is 23.5 Å². The van der Waals surface area contributed by atoms with Crippen LogP contribution in [-0.2, 0) is 12.4 Å². The molecule has 1 fully saturated rings. The maximum atomic E-state index is 13.7. The Morgan fingerprint density at radius 3 is 1.74 bits per heavy atom. The number of hydrogen-bond donors (Lipinski definition) is 0. The van der Waals surface area contributed by atoms with Gasteiger partial charge in [-0.1, -0.05) is 12.1 Å². The molecular formula is C31H10F6N4S. The fourth-order valence-corrected chi connectivity index (χ4v) is 8.02. The third kappa shape index (κ3) is 3.26. The molecule has 4 aliphatic rings. The minimum atomic E-state index is -4.66. The Labute approximate surface area is 237 Å². The topological polar surface area (TPSA) is 95.2 Å². The summed E-state index contributed by atoms with van der Waals surface area (Å²) in [5.74, 6) is -0.386. The van der Waals surface area contributed by atoms with Crippen LogP contribution in [-0.4, -0.2) is 0 Å². The van der Waals surface area contributed by atoms with Gasteiger partial charge in [-0.3, -0.25) is 0 Å². The summed E-state index contributed by atoms with van der Waals surface area (Å²) in [6.07, 6.45) is -8.76. The zero-order valence-electron chi connectivity index (χ0n) is 20.8. The van der Waals surface area contributed by atoms with Gasteiger partial charge < -0.3 is 0 Å². The second-order valence-corrected chi connectivity index (χ2v) is 11.3. The van der Waals surface area contributed by atoms with E-state index in [4.69, 9.17) is 0 Å². The van der Waals surface area contributed by atoms with E-state index in [1.165, 1.54) is 12.1 Å². The molecule has 0 N–H and O–H groups in total. The standard InChI is InChI=1S/C31H10F6N4S/c32-30(33,34)14-1-3-16-18(5-14)22(12(8-38)9-39)24-20-7-21(20)27-26-17-4-2-15(31(35,36)37)6-19(17)23(13(10-40)11-41)28(26)42-29(27)25(16)24/h1-6,20-21H,7H2. The lowest BCUT2D eigenvalue weighted by molar-refractivity contribution is -0.138. The summed E-state index contributed by atoms with van der Waals surface area (Å²) in [7, 11) is 0. The summed E-state index contributed by atoms with van der Waals surface area (Å²) in [4.78, 5) is 1.09. The largest absolute Gasteiger partial charge is 0.416 e. The fourth-order valence-electron chi connectivity index (χ4n) is 6.49. The van der Waals surface area contributed by atoms with Crippen LogP contribution >= 0.6 is 11.3 Å². The van der Waals surface area contributed by atoms with Gasteiger partial charge in [-0.25, -0.2) is 0 Å². The Kier molecular flexibility index (Phi) is 5.06. The molecular weight excluding hydrogens is 574 g/mol. The Morgan fingerprint density at radius 1 is 0.667 bits per heavy atom. The monoisotopic (exact) mass is 584 g/mol. The lowest BCUT2D eigenvalue weighted by Crippen LogP contribution is -2.06. The van der Waals surface area contributed by atoms with Gasteiger partial charge in [0.05, 0.1) is 11.1 Å². The van der Waals surface area contributed by atoms with E-state index in [1.807, 2.05) is 12.1 Å². The number of nitriles is 4. The molecule has 202 valence electrons. The Bertz CT molecular complexity index is 2060. The number of thiophene rings is 1. The maximum absolute atomic E-state index is 13.7. The average Bonchev–Trinajstić information content (AvgIpc) is 3.40. The van der Waals surface area contributed by atoms with Crippen molar-refractivity contribution < 1.29 is 26.3 Å². The molecule has 0 aliphatic heterocycles. The predicted molar refractivity (Wildman–Crippen MR) is 138 cm³/mol. The second kappa shape index (κ2) is 8.23. The first-order valence-electron chi connectivity index (χ1n) is 12.4. The summed E-state index contributed by atoms with van der Waals surface area (Å²) in [5, 5.41) is 39.0. The number of benzene rings is 2. The molecule has 2 unspecified atom stereocenters. The first-order valence-corrected chi connectivity index (χ1v) is 13.2. The molecule has 0 spiro atoms. The molecule has 42 heavy (non-hydrogen) atoms. The number of rotatable bonds is 0. The summed E-state index contributed by atoms with van der Waals surface area (Å²) in [5.41, 5.74) is 1.46. The first-order chi connectivity index (χ1) is 19.9. The van der Waals surface area contributed by atoms with Gasteiger partial charge in [0.25, 0.3) is 0 Å². The lowest BCUT2D eigenvalue weighted by atomic mass is 9.86. The highest BCUT2D eigenvalue weighted by Gasteiger charge is 2.55. The van der Waals surface area contributed by atoms with E-state index in [-0.39, 0.29) is 45.3 Å². The lowest BCUT2D eigenvalue weighted by Gasteiger charge is -2.18. The number of hydrogen-bond acceptors (Lipinski definition) is 5. The van der Waals surface area contributed by atoms with Crippen molar-refractivity contribution in [1.29, 1.82) is 21.0 Å². The molecule has 4 nitrogen and oxygen atoms in total. The number of nitrogens with zero attached hydrogens (tertiary/aromatic N) is 4. The summed E-state index contributed by atoms with van der Waals surface area (Å²) in [6, 6.07) is 13.7. The van der Waals surface area contributed by atoms with Gasteiger partial charge >= 0.3 is 12.4 Å². The number of fused-ring (bicyclic) bond motifs is 11. The molecule has 2 aromatic carbocycles. The molecule has 1 saturated carbocycles. The van der Waals surface area contributed by atoms with E-state index in [2.05, 4.69) is 0 Å². The smallest absolute Gasteiger partial charge is 0.192 e. The third-order valence-electron chi connectivity index (χ3n) is 8.19. The zero-order valence-corrected chi connectivity index (χ0v) is 21.6. The van der Waals surface area contributed by atoms with Crippen molar-refractivity contribution in [3.63, 3.8) is 0 Å². The van der Waals surface area contributed by atoms with Crippen molar-refractivity contribution in [2.45, 2.75) is 24.7 Å². The Balaban J connectivity index is 1.56. The van der Waals surface area contributed by atoms with Gasteiger partial charge in [0.15, 0.2) is 0 Å². The molecule has 1 aromatic heterocycles. The molecule has 0 bridgehead atoms. The Hall–Kier alpha value is -5.10. The maximum Gasteiger partial charge on any atom is 0.416 e. The van der Waals surface area contributed by atoms with E-state index in [1.54, 1.807) is 12.1 Å². The van der Waals surface area contributed by atoms with Crippen molar-refractivity contribution in [2.75, 3.05) is 0 Å². The van der Waals surface area contributed by atoms with E-state index in [0.717, 1.165) is 41.2 Å². The summed E-state index contributed by atoms with van der Waals surface area (Å²) >= 11 is 1.16. The molecule has 7 rings (SSSR count). The van der Waals surface area contributed by atoms with Crippen molar-refractivity contribution in [2.24, 2.45) is 5.92 Å². The highest BCUT2D eigenvalue weighted by molar-refractivity contribution is 7.15. The van der Waals surface area contributed by atoms with E-state index in [0.29, 0.717) is 44.0 Å². The summed E-state index contributed by atoms with van der Waals surface area (Å²) in [6.45, 7) is 0. The van der Waals surface area contributed by atoms with Gasteiger partial charge in [-0.2, -0.15) is 47.4 Å². The van der Waals surface area contributed by atoms with Crippen molar-refractivity contribution in [1.82, 2.24) is 0 Å². The number of halogens is 6. The number of alkyl halides is 6. The summed E-state index contributed by atoms with van der Waals surface area (Å²) < 4.78 is 82.0. The van der Waals surface area contributed by atoms with Crippen molar-refractivity contribution in [3.05, 3.63) is 96.3 Å². The quantitative estimate of drug-likeness (QED) is 0.153. The van der Waals surface area contributed by atoms with Crippen molar-refractivity contribution >= 4 is 28.1 Å². The molecule has 0 saturated heterocycles. The molecule has 3 aromatic rings. The molecule has 4 aliphatic carbocycles. The molecule has 1 heterocycles. The predicted octanol–water partition coefficient (Wildman–Crippen LogP) is 8.35. The SMILES string of the molecule is N#CC(C#N)=C1C2=C(c3ccc(C(F)(F)F)cc31)c1sc3c(c1C1CC21)-c1ccc(C(F)(F)F)cc1C3=C(C#N)C#N. The zero-order chi connectivity index (χ0) is 29.9. The van der Waals surface area contributed by atoms with Gasteiger partial charge in [0.1, 0.15) is 35.4 Å². The van der Waals surface area contributed by atoms with Gasteiger partial charge in [-0.05, 0) is 75.9 Å². The van der Waals surface area contributed by atoms with Crippen LogP contribution in [0.2, 0.25) is 0 Å². The van der Waals surface area contributed by atoms with Crippen LogP contribution in [0.3, 0.4) is 0 Å². The van der Waals surface area contributed by atoms with Gasteiger partial charge in [0, 0.05) is 32.0 Å². The third-order valence-corrected chi connectivity index (χ3v) is 9.43. The van der Waals surface area contributed by atoms with Crippen molar-refractivity contribution in [3.8, 4) is 35.4 Å². The van der Waals surface area contributed by atoms with Crippen LogP contribution in [0, 0.1) is 51.2 Å². The Morgan fingerprint density at radius 2 is 1.19 bits per heavy atom. The highest BCUT2D eigenvalue weighted by Crippen LogP contribution is 2.70. The van der Waals surface area contributed by atoms with Crippen LogP contribution in [0.1, 0.15) is 55.5 Å². The minimum absolute atomic E-state index is 0.0889. The van der Waals surface area contributed by atoms with Crippen LogP contribution < -0.4 is 0 Å². The number of allylic oxidation sites excluding steroid dienone is 4. The van der Waals surface area contributed by atoms with Crippen LogP contribution in [0.5, 0.6) is 0 Å². The molecule has 0 amide bonds. The van der Waals surface area contributed by atoms with Gasteiger partial charge in [-0.15, -0.1) is 11.3 Å². The molecule has 0 radical (unpaired) electrons. The fraction of sp³-hybridized carbons (Fsp3) is 0.161. The minimum Gasteiger partial charge on any atom is -0.192 e. The first kappa shape index (κ1) is 25.8. The average molecular weight is 585 g/mol. The van der Waals surface area contributed by atoms with Gasteiger partial charge in [0.2, 0.25) is 0 Å². The van der Waals surface area contributed by atoms with Crippen LogP contribution in [0.25, 0.3) is 27.8 Å².